The Morgan fingerprint density at radius 3 is 2.04 bits per heavy atom. The number of aliphatic hydroxyl groups is 1. The van der Waals surface area contributed by atoms with E-state index in [1.807, 2.05) is 45.3 Å². The predicted octanol–water partition coefficient (Wildman–Crippen LogP) is 3.24. The van der Waals surface area contributed by atoms with Crippen LogP contribution in [0.3, 0.4) is 0 Å². The summed E-state index contributed by atoms with van der Waals surface area (Å²) in [6.07, 6.45) is 0.649. The highest BCUT2D eigenvalue weighted by Gasteiger charge is 2.22. The van der Waals surface area contributed by atoms with Crippen molar-refractivity contribution in [2.45, 2.75) is 18.9 Å². The molecule has 2 aromatic carbocycles. The first kappa shape index (κ1) is 18.6. The largest absolute Gasteiger partial charge is 0.385 e. The zero-order chi connectivity index (χ0) is 17.6. The highest BCUT2D eigenvalue weighted by molar-refractivity contribution is 5.63. The smallest absolute Gasteiger partial charge is 0.123 e. The summed E-state index contributed by atoms with van der Waals surface area (Å²) < 4.78 is 13.0. The van der Waals surface area contributed by atoms with Crippen LogP contribution >= 0.6 is 0 Å². The van der Waals surface area contributed by atoms with E-state index in [1.54, 1.807) is 12.1 Å². The quantitative estimate of drug-likeness (QED) is 0.730. The van der Waals surface area contributed by atoms with E-state index in [4.69, 9.17) is 0 Å². The molecular formula is C20H27FN2O. The van der Waals surface area contributed by atoms with Crippen LogP contribution in [0, 0.1) is 5.82 Å². The van der Waals surface area contributed by atoms with Gasteiger partial charge in [-0.15, -0.1) is 0 Å². The van der Waals surface area contributed by atoms with E-state index < -0.39 is 5.60 Å². The number of hydrogen-bond donors (Lipinski definition) is 2. The summed E-state index contributed by atoms with van der Waals surface area (Å²) in [5, 5.41) is 14.0. The van der Waals surface area contributed by atoms with Crippen LogP contribution in [0.2, 0.25) is 0 Å². The first-order valence-electron chi connectivity index (χ1n) is 8.33. The SMILES string of the molecule is CN(C)CCNCCC(C)(O)c1ccc(-c2ccc(F)cc2)cc1. The average Bonchev–Trinajstić information content (AvgIpc) is 2.55. The van der Waals surface area contributed by atoms with Crippen LogP contribution in [0.25, 0.3) is 11.1 Å². The molecule has 0 aliphatic rings. The molecule has 3 nitrogen and oxygen atoms in total. The monoisotopic (exact) mass is 330 g/mol. The molecule has 0 amide bonds. The molecule has 0 fully saturated rings. The Labute approximate surface area is 144 Å². The zero-order valence-electron chi connectivity index (χ0n) is 14.7. The van der Waals surface area contributed by atoms with Gasteiger partial charge in [0.1, 0.15) is 5.82 Å². The fraction of sp³-hybridized carbons (Fsp3) is 0.400. The molecule has 0 spiro atoms. The van der Waals surface area contributed by atoms with Gasteiger partial charge in [0.05, 0.1) is 5.60 Å². The summed E-state index contributed by atoms with van der Waals surface area (Å²) in [5.41, 5.74) is 2.00. The van der Waals surface area contributed by atoms with Gasteiger partial charge in [-0.1, -0.05) is 36.4 Å². The maximum Gasteiger partial charge on any atom is 0.123 e. The number of rotatable bonds is 8. The molecule has 1 atom stereocenters. The third-order valence-electron chi connectivity index (χ3n) is 4.21. The molecular weight excluding hydrogens is 303 g/mol. The van der Waals surface area contributed by atoms with Crippen LogP contribution in [0.5, 0.6) is 0 Å². The minimum absolute atomic E-state index is 0.236. The molecule has 0 bridgehead atoms. The normalized spacial score (nSPS) is 13.9. The molecule has 0 aliphatic carbocycles. The van der Waals surface area contributed by atoms with Crippen molar-refractivity contribution in [1.82, 2.24) is 10.2 Å². The fourth-order valence-corrected chi connectivity index (χ4v) is 2.57. The Bertz CT molecular complexity index is 621. The lowest BCUT2D eigenvalue weighted by atomic mass is 9.91. The van der Waals surface area contributed by atoms with Crippen molar-refractivity contribution in [3.8, 4) is 11.1 Å². The Balaban J connectivity index is 1.94. The van der Waals surface area contributed by atoms with Crippen LogP contribution < -0.4 is 5.32 Å². The Morgan fingerprint density at radius 1 is 0.958 bits per heavy atom. The zero-order valence-corrected chi connectivity index (χ0v) is 14.7. The van der Waals surface area contributed by atoms with Gasteiger partial charge in [0, 0.05) is 13.1 Å². The van der Waals surface area contributed by atoms with Gasteiger partial charge in [-0.05, 0) is 62.8 Å². The van der Waals surface area contributed by atoms with E-state index in [0.29, 0.717) is 6.42 Å². The lowest BCUT2D eigenvalue weighted by molar-refractivity contribution is 0.0480. The van der Waals surface area contributed by atoms with Crippen molar-refractivity contribution in [3.05, 3.63) is 59.9 Å². The third kappa shape index (κ3) is 5.41. The number of halogens is 1. The van der Waals surface area contributed by atoms with Gasteiger partial charge in [0.15, 0.2) is 0 Å². The molecule has 0 aliphatic heterocycles. The molecule has 0 saturated heterocycles. The predicted molar refractivity (Wildman–Crippen MR) is 97.4 cm³/mol. The maximum atomic E-state index is 13.0. The molecule has 2 N–H and O–H groups in total. The molecule has 2 rings (SSSR count). The second-order valence-corrected chi connectivity index (χ2v) is 6.66. The summed E-state index contributed by atoms with van der Waals surface area (Å²) >= 11 is 0. The van der Waals surface area contributed by atoms with Crippen molar-refractivity contribution in [2.24, 2.45) is 0 Å². The third-order valence-corrected chi connectivity index (χ3v) is 4.21. The minimum Gasteiger partial charge on any atom is -0.385 e. The van der Waals surface area contributed by atoms with Gasteiger partial charge in [0.25, 0.3) is 0 Å². The molecule has 0 heterocycles. The first-order valence-corrected chi connectivity index (χ1v) is 8.33. The lowest BCUT2D eigenvalue weighted by Crippen LogP contribution is -2.31. The fourth-order valence-electron chi connectivity index (χ4n) is 2.57. The Morgan fingerprint density at radius 2 is 1.50 bits per heavy atom. The van der Waals surface area contributed by atoms with Gasteiger partial charge in [-0.3, -0.25) is 0 Å². The highest BCUT2D eigenvalue weighted by Crippen LogP contribution is 2.27. The van der Waals surface area contributed by atoms with E-state index in [-0.39, 0.29) is 5.82 Å². The van der Waals surface area contributed by atoms with Crippen LogP contribution in [-0.2, 0) is 5.60 Å². The standard InChI is InChI=1S/C20H27FN2O/c1-20(24,12-13-22-14-15-23(2)3)18-8-4-16(5-9-18)17-6-10-19(21)11-7-17/h4-11,22,24H,12-15H2,1-3H3. The molecule has 1 unspecified atom stereocenters. The molecule has 2 aromatic rings. The van der Waals surface area contributed by atoms with Gasteiger partial charge >= 0.3 is 0 Å². The van der Waals surface area contributed by atoms with Crippen molar-refractivity contribution in [2.75, 3.05) is 33.7 Å². The van der Waals surface area contributed by atoms with Crippen LogP contribution in [-0.4, -0.2) is 43.7 Å². The second kappa shape index (κ2) is 8.38. The summed E-state index contributed by atoms with van der Waals surface area (Å²) in [6, 6.07) is 14.3. The van der Waals surface area contributed by atoms with Crippen molar-refractivity contribution in [1.29, 1.82) is 0 Å². The minimum atomic E-state index is -0.869. The molecule has 24 heavy (non-hydrogen) atoms. The molecule has 4 heteroatoms. The van der Waals surface area contributed by atoms with Gasteiger partial charge in [0.2, 0.25) is 0 Å². The number of hydrogen-bond acceptors (Lipinski definition) is 3. The molecule has 0 aromatic heterocycles. The molecule has 0 saturated carbocycles. The maximum absolute atomic E-state index is 13.0. The number of benzene rings is 2. The molecule has 130 valence electrons. The second-order valence-electron chi connectivity index (χ2n) is 6.66. The Kier molecular flexibility index (Phi) is 6.49. The van der Waals surface area contributed by atoms with Crippen molar-refractivity contribution < 1.29 is 9.50 Å². The van der Waals surface area contributed by atoms with Gasteiger partial charge < -0.3 is 15.3 Å². The highest BCUT2D eigenvalue weighted by atomic mass is 19.1. The number of nitrogens with one attached hydrogen (secondary N) is 1. The first-order chi connectivity index (χ1) is 11.4. The van der Waals surface area contributed by atoms with E-state index in [1.165, 1.54) is 12.1 Å². The van der Waals surface area contributed by atoms with E-state index in [9.17, 15) is 9.50 Å². The molecule has 0 radical (unpaired) electrons. The topological polar surface area (TPSA) is 35.5 Å². The number of likely N-dealkylation sites (N-methyl/N-ethyl adjacent to an activating group) is 1. The average molecular weight is 330 g/mol. The summed E-state index contributed by atoms with van der Waals surface area (Å²) in [7, 11) is 4.08. The van der Waals surface area contributed by atoms with E-state index in [0.717, 1.165) is 36.3 Å². The number of nitrogens with zero attached hydrogens (tertiary/aromatic N) is 1. The van der Waals surface area contributed by atoms with Crippen LogP contribution in [0.1, 0.15) is 18.9 Å². The summed E-state index contributed by atoms with van der Waals surface area (Å²) in [6.45, 7) is 4.50. The van der Waals surface area contributed by atoms with Gasteiger partial charge in [-0.2, -0.15) is 0 Å². The van der Waals surface area contributed by atoms with Gasteiger partial charge in [-0.25, -0.2) is 4.39 Å². The summed E-state index contributed by atoms with van der Waals surface area (Å²) in [5.74, 6) is -0.236. The van der Waals surface area contributed by atoms with E-state index >= 15 is 0 Å². The summed E-state index contributed by atoms with van der Waals surface area (Å²) in [4.78, 5) is 2.12. The van der Waals surface area contributed by atoms with Crippen molar-refractivity contribution >= 4 is 0 Å². The lowest BCUT2D eigenvalue weighted by Gasteiger charge is -2.24. The van der Waals surface area contributed by atoms with Crippen LogP contribution in [0.15, 0.2) is 48.5 Å². The van der Waals surface area contributed by atoms with Crippen LogP contribution in [0.4, 0.5) is 4.39 Å². The van der Waals surface area contributed by atoms with Crippen molar-refractivity contribution in [3.63, 3.8) is 0 Å². The van der Waals surface area contributed by atoms with E-state index in [2.05, 4.69) is 10.2 Å². The Hall–Kier alpha value is -1.75.